The van der Waals surface area contributed by atoms with Crippen molar-refractivity contribution in [1.82, 2.24) is 4.98 Å². The molecule has 2 nitrogen and oxygen atoms in total. The van der Waals surface area contributed by atoms with Crippen LogP contribution in [0.3, 0.4) is 0 Å². The Balaban J connectivity index is 2.49. The van der Waals surface area contributed by atoms with E-state index in [1.165, 1.54) is 0 Å². The summed E-state index contributed by atoms with van der Waals surface area (Å²) in [6.07, 6.45) is 0. The number of aliphatic hydroxyl groups is 1. The lowest BCUT2D eigenvalue weighted by Crippen LogP contribution is -2.14. The van der Waals surface area contributed by atoms with Gasteiger partial charge in [0.15, 0.2) is 0 Å². The van der Waals surface area contributed by atoms with Crippen molar-refractivity contribution < 1.29 is 5.11 Å². The maximum absolute atomic E-state index is 9.41. The van der Waals surface area contributed by atoms with Crippen molar-refractivity contribution in [1.29, 1.82) is 0 Å². The molecule has 0 aliphatic rings. The van der Waals surface area contributed by atoms with Gasteiger partial charge in [0.25, 0.3) is 0 Å². The minimum absolute atomic E-state index is 0.0262. The molecule has 0 amide bonds. The van der Waals surface area contributed by atoms with E-state index >= 15 is 0 Å². The van der Waals surface area contributed by atoms with Crippen LogP contribution in [-0.4, -0.2) is 10.1 Å². The summed E-state index contributed by atoms with van der Waals surface area (Å²) in [5, 5.41) is 10.4. The molecule has 1 heterocycles. The number of hydrogen-bond acceptors (Lipinski definition) is 3. The molecule has 90 valence electrons. The number of hydrogen-bond donors (Lipinski definition) is 1. The second kappa shape index (κ2) is 4.59. The van der Waals surface area contributed by atoms with Crippen LogP contribution in [-0.2, 0) is 12.0 Å². The molecule has 0 aliphatic carbocycles. The summed E-state index contributed by atoms with van der Waals surface area (Å²) < 4.78 is 0. The van der Waals surface area contributed by atoms with Crippen LogP contribution >= 0.6 is 11.3 Å². The number of rotatable bonds is 2. The summed E-state index contributed by atoms with van der Waals surface area (Å²) in [6, 6.07) is 10.1. The van der Waals surface area contributed by atoms with E-state index in [9.17, 15) is 5.11 Å². The highest BCUT2D eigenvalue weighted by Gasteiger charge is 2.23. The minimum Gasteiger partial charge on any atom is -0.391 e. The summed E-state index contributed by atoms with van der Waals surface area (Å²) in [5.74, 6) is 0. The highest BCUT2D eigenvalue weighted by molar-refractivity contribution is 7.15. The molecule has 2 aromatic rings. The van der Waals surface area contributed by atoms with E-state index in [1.807, 2.05) is 30.3 Å². The third kappa shape index (κ3) is 2.56. The van der Waals surface area contributed by atoms with Crippen LogP contribution in [0, 0.1) is 0 Å². The monoisotopic (exact) mass is 247 g/mol. The van der Waals surface area contributed by atoms with Crippen molar-refractivity contribution in [2.75, 3.05) is 0 Å². The molecule has 0 aliphatic heterocycles. The fourth-order valence-electron chi connectivity index (χ4n) is 1.75. The van der Waals surface area contributed by atoms with E-state index < -0.39 is 0 Å². The largest absolute Gasteiger partial charge is 0.391 e. The quantitative estimate of drug-likeness (QED) is 0.879. The zero-order valence-electron chi connectivity index (χ0n) is 10.4. The number of aliphatic hydroxyl groups excluding tert-OH is 1. The first-order chi connectivity index (χ1) is 8.02. The first-order valence-electron chi connectivity index (χ1n) is 5.69. The molecular weight excluding hydrogens is 230 g/mol. The molecular formula is C14H17NOS. The lowest BCUT2D eigenvalue weighted by atomic mass is 9.91. The average Bonchev–Trinajstić information content (AvgIpc) is 2.74. The van der Waals surface area contributed by atoms with E-state index in [0.717, 1.165) is 21.1 Å². The fraction of sp³-hybridized carbons (Fsp3) is 0.357. The molecule has 0 saturated carbocycles. The molecule has 0 spiro atoms. The molecule has 2 rings (SSSR count). The van der Waals surface area contributed by atoms with Crippen molar-refractivity contribution in [3.63, 3.8) is 0 Å². The van der Waals surface area contributed by atoms with Gasteiger partial charge in [-0.1, -0.05) is 51.1 Å². The third-order valence-corrected chi connectivity index (χ3v) is 3.66. The molecule has 3 heteroatoms. The van der Waals surface area contributed by atoms with Gasteiger partial charge in [-0.2, -0.15) is 0 Å². The Bertz CT molecular complexity index is 497. The number of aromatic nitrogens is 1. The van der Waals surface area contributed by atoms with Gasteiger partial charge in [0.1, 0.15) is 5.01 Å². The number of thiazole rings is 1. The van der Waals surface area contributed by atoms with Crippen LogP contribution in [0.1, 0.15) is 31.3 Å². The maximum atomic E-state index is 9.41. The molecule has 0 radical (unpaired) electrons. The van der Waals surface area contributed by atoms with Gasteiger partial charge >= 0.3 is 0 Å². The SMILES string of the molecule is CC(C)(C)c1nc(-c2ccccc2)sc1CO. The molecule has 0 unspecified atom stereocenters. The Labute approximate surface area is 106 Å². The van der Waals surface area contributed by atoms with Gasteiger partial charge in [-0.3, -0.25) is 0 Å². The number of benzene rings is 1. The number of nitrogens with zero attached hydrogens (tertiary/aromatic N) is 1. The lowest BCUT2D eigenvalue weighted by molar-refractivity contribution is 0.282. The second-order valence-electron chi connectivity index (χ2n) is 5.06. The molecule has 1 aromatic carbocycles. The normalized spacial score (nSPS) is 11.8. The van der Waals surface area contributed by atoms with Gasteiger partial charge in [-0.25, -0.2) is 4.98 Å². The van der Waals surface area contributed by atoms with E-state index in [1.54, 1.807) is 11.3 Å². The van der Waals surface area contributed by atoms with Crippen LogP contribution < -0.4 is 0 Å². The Morgan fingerprint density at radius 3 is 2.29 bits per heavy atom. The molecule has 0 fully saturated rings. The summed E-state index contributed by atoms with van der Waals surface area (Å²) in [7, 11) is 0. The predicted molar refractivity (Wildman–Crippen MR) is 72.2 cm³/mol. The van der Waals surface area contributed by atoms with Gasteiger partial charge in [0.05, 0.1) is 17.2 Å². The highest BCUT2D eigenvalue weighted by atomic mass is 32.1. The highest BCUT2D eigenvalue weighted by Crippen LogP contribution is 2.34. The van der Waals surface area contributed by atoms with Crippen LogP contribution in [0.4, 0.5) is 0 Å². The lowest BCUT2D eigenvalue weighted by Gasteiger charge is -2.16. The third-order valence-electron chi connectivity index (χ3n) is 2.57. The van der Waals surface area contributed by atoms with Crippen molar-refractivity contribution >= 4 is 11.3 Å². The Hall–Kier alpha value is -1.19. The first kappa shape index (κ1) is 12.3. The van der Waals surface area contributed by atoms with E-state index in [-0.39, 0.29) is 12.0 Å². The maximum Gasteiger partial charge on any atom is 0.123 e. The topological polar surface area (TPSA) is 33.1 Å². The molecule has 0 bridgehead atoms. The van der Waals surface area contributed by atoms with Gasteiger partial charge in [0, 0.05) is 11.0 Å². The van der Waals surface area contributed by atoms with Crippen molar-refractivity contribution in [2.24, 2.45) is 0 Å². The van der Waals surface area contributed by atoms with Gasteiger partial charge in [-0.15, -0.1) is 11.3 Å². The van der Waals surface area contributed by atoms with Crippen molar-refractivity contribution in [2.45, 2.75) is 32.8 Å². The molecule has 0 atom stereocenters. The minimum atomic E-state index is -0.0262. The Morgan fingerprint density at radius 1 is 1.18 bits per heavy atom. The Morgan fingerprint density at radius 2 is 1.82 bits per heavy atom. The zero-order chi connectivity index (χ0) is 12.5. The summed E-state index contributed by atoms with van der Waals surface area (Å²) in [4.78, 5) is 5.65. The molecule has 0 saturated heterocycles. The smallest absolute Gasteiger partial charge is 0.123 e. The van der Waals surface area contributed by atoms with Crippen LogP contribution in [0.5, 0.6) is 0 Å². The fourth-order valence-corrected chi connectivity index (χ4v) is 2.89. The summed E-state index contributed by atoms with van der Waals surface area (Å²) >= 11 is 1.58. The first-order valence-corrected chi connectivity index (χ1v) is 6.50. The molecule has 1 N–H and O–H groups in total. The molecule has 1 aromatic heterocycles. The van der Waals surface area contributed by atoms with Crippen LogP contribution in [0.2, 0.25) is 0 Å². The van der Waals surface area contributed by atoms with Crippen molar-refractivity contribution in [3.05, 3.63) is 40.9 Å². The van der Waals surface area contributed by atoms with E-state index in [2.05, 4.69) is 25.8 Å². The average molecular weight is 247 g/mol. The van der Waals surface area contributed by atoms with Gasteiger partial charge < -0.3 is 5.11 Å². The predicted octanol–water partition coefficient (Wildman–Crippen LogP) is 3.60. The summed E-state index contributed by atoms with van der Waals surface area (Å²) in [6.45, 7) is 6.43. The zero-order valence-corrected chi connectivity index (χ0v) is 11.2. The van der Waals surface area contributed by atoms with Crippen molar-refractivity contribution in [3.8, 4) is 10.6 Å². The van der Waals surface area contributed by atoms with Gasteiger partial charge in [0.2, 0.25) is 0 Å². The van der Waals surface area contributed by atoms with E-state index in [0.29, 0.717) is 0 Å². The standard InChI is InChI=1S/C14H17NOS/c1-14(2,3)12-11(9-16)17-13(15-12)10-7-5-4-6-8-10/h4-8,16H,9H2,1-3H3. The van der Waals surface area contributed by atoms with Crippen LogP contribution in [0.25, 0.3) is 10.6 Å². The second-order valence-corrected chi connectivity index (χ2v) is 6.15. The van der Waals surface area contributed by atoms with Gasteiger partial charge in [-0.05, 0) is 0 Å². The Kier molecular flexibility index (Phi) is 3.31. The van der Waals surface area contributed by atoms with Crippen LogP contribution in [0.15, 0.2) is 30.3 Å². The molecule has 17 heavy (non-hydrogen) atoms. The summed E-state index contributed by atoms with van der Waals surface area (Å²) in [5.41, 5.74) is 2.09. The van der Waals surface area contributed by atoms with E-state index in [4.69, 9.17) is 0 Å².